The third-order valence-corrected chi connectivity index (χ3v) is 3.73. The van der Waals surface area contributed by atoms with E-state index in [1.807, 2.05) is 4.90 Å². The molecule has 106 valence electrons. The third kappa shape index (κ3) is 5.36. The van der Waals surface area contributed by atoms with Gasteiger partial charge in [0, 0.05) is 32.7 Å². The lowest BCUT2D eigenvalue weighted by Crippen LogP contribution is -2.41. The summed E-state index contributed by atoms with van der Waals surface area (Å²) >= 11 is 0. The van der Waals surface area contributed by atoms with Gasteiger partial charge in [0.25, 0.3) is 0 Å². The van der Waals surface area contributed by atoms with Crippen LogP contribution in [0.1, 0.15) is 44.9 Å². The summed E-state index contributed by atoms with van der Waals surface area (Å²) in [6.07, 6.45) is 8.36. The second-order valence-electron chi connectivity index (χ2n) is 5.15. The molecule has 0 heterocycles. The minimum absolute atomic E-state index is 0.216. The van der Waals surface area contributed by atoms with E-state index in [0.29, 0.717) is 32.1 Å². The fourth-order valence-electron chi connectivity index (χ4n) is 2.65. The maximum Gasteiger partial charge on any atom is 0.225 e. The first-order valence-electron chi connectivity index (χ1n) is 7.27. The molecule has 18 heavy (non-hydrogen) atoms. The van der Waals surface area contributed by atoms with Gasteiger partial charge in [-0.3, -0.25) is 4.79 Å². The summed E-state index contributed by atoms with van der Waals surface area (Å²) in [6.45, 7) is 2.45. The Bertz CT molecular complexity index is 219. The van der Waals surface area contributed by atoms with Crippen molar-refractivity contribution in [2.45, 2.75) is 44.9 Å². The van der Waals surface area contributed by atoms with Gasteiger partial charge in [-0.25, -0.2) is 0 Å². The number of ether oxygens (including phenoxy) is 1. The summed E-state index contributed by atoms with van der Waals surface area (Å²) in [6, 6.07) is 0. The van der Waals surface area contributed by atoms with Crippen LogP contribution in [0.3, 0.4) is 0 Å². The van der Waals surface area contributed by atoms with Crippen molar-refractivity contribution in [1.29, 1.82) is 0 Å². The number of hydrogen-bond acceptors (Lipinski definition) is 3. The van der Waals surface area contributed by atoms with E-state index in [9.17, 15) is 4.79 Å². The fourth-order valence-corrected chi connectivity index (χ4v) is 2.65. The molecule has 1 rings (SSSR count). The van der Waals surface area contributed by atoms with Crippen LogP contribution in [0, 0.1) is 5.92 Å². The molecule has 0 atom stereocenters. The number of methoxy groups -OCH3 is 1. The normalized spacial score (nSPS) is 18.1. The molecule has 1 saturated carbocycles. The summed E-state index contributed by atoms with van der Waals surface area (Å²) in [7, 11) is 1.67. The highest BCUT2D eigenvalue weighted by Crippen LogP contribution is 2.23. The van der Waals surface area contributed by atoms with Gasteiger partial charge in [0.2, 0.25) is 5.91 Å². The SMILES string of the molecule is COCCN(CCN)C(=O)C1CCCCCCC1. The van der Waals surface area contributed by atoms with Gasteiger partial charge in [-0.1, -0.05) is 32.1 Å². The van der Waals surface area contributed by atoms with Crippen LogP contribution in [-0.2, 0) is 9.53 Å². The second-order valence-corrected chi connectivity index (χ2v) is 5.15. The van der Waals surface area contributed by atoms with Crippen LogP contribution < -0.4 is 5.73 Å². The van der Waals surface area contributed by atoms with Crippen molar-refractivity contribution in [3.8, 4) is 0 Å². The number of carbonyl (C=O) groups is 1. The molecule has 1 aliphatic rings. The molecule has 4 heteroatoms. The number of nitrogens with zero attached hydrogens (tertiary/aromatic N) is 1. The molecule has 4 nitrogen and oxygen atoms in total. The number of nitrogens with two attached hydrogens (primary N) is 1. The monoisotopic (exact) mass is 256 g/mol. The molecular weight excluding hydrogens is 228 g/mol. The number of carbonyl (C=O) groups excluding carboxylic acids is 1. The molecule has 1 aliphatic carbocycles. The molecule has 0 spiro atoms. The van der Waals surface area contributed by atoms with Gasteiger partial charge in [-0.2, -0.15) is 0 Å². The zero-order chi connectivity index (χ0) is 13.2. The number of hydrogen-bond donors (Lipinski definition) is 1. The number of amides is 1. The molecule has 0 aromatic heterocycles. The van der Waals surface area contributed by atoms with E-state index < -0.39 is 0 Å². The van der Waals surface area contributed by atoms with Gasteiger partial charge in [0.1, 0.15) is 0 Å². The van der Waals surface area contributed by atoms with Crippen LogP contribution in [-0.4, -0.2) is 44.2 Å². The highest BCUT2D eigenvalue weighted by Gasteiger charge is 2.23. The highest BCUT2D eigenvalue weighted by atomic mass is 16.5. The van der Waals surface area contributed by atoms with E-state index in [4.69, 9.17) is 10.5 Å². The van der Waals surface area contributed by atoms with Crippen LogP contribution in [0.25, 0.3) is 0 Å². The van der Waals surface area contributed by atoms with Gasteiger partial charge in [-0.15, -0.1) is 0 Å². The highest BCUT2D eigenvalue weighted by molar-refractivity contribution is 5.78. The molecule has 2 N–H and O–H groups in total. The van der Waals surface area contributed by atoms with Crippen LogP contribution in [0.4, 0.5) is 0 Å². The van der Waals surface area contributed by atoms with E-state index in [0.717, 1.165) is 12.8 Å². The molecule has 0 bridgehead atoms. The third-order valence-electron chi connectivity index (χ3n) is 3.73. The van der Waals surface area contributed by atoms with Crippen molar-refractivity contribution >= 4 is 5.91 Å². The Labute approximate surface area is 111 Å². The lowest BCUT2D eigenvalue weighted by atomic mass is 9.90. The topological polar surface area (TPSA) is 55.6 Å². The second kappa shape index (κ2) is 9.34. The standard InChI is InChI=1S/C14H28N2O2/c1-18-12-11-16(10-9-15)14(17)13-7-5-3-2-4-6-8-13/h13H,2-12,15H2,1H3. The van der Waals surface area contributed by atoms with Crippen LogP contribution in [0.15, 0.2) is 0 Å². The molecule has 0 aliphatic heterocycles. The Hall–Kier alpha value is -0.610. The van der Waals surface area contributed by atoms with Gasteiger partial charge in [-0.05, 0) is 12.8 Å². The summed E-state index contributed by atoms with van der Waals surface area (Å²) < 4.78 is 5.07. The largest absolute Gasteiger partial charge is 0.383 e. The summed E-state index contributed by atoms with van der Waals surface area (Å²) in [5, 5.41) is 0. The van der Waals surface area contributed by atoms with E-state index in [1.54, 1.807) is 7.11 Å². The van der Waals surface area contributed by atoms with Crippen molar-refractivity contribution in [1.82, 2.24) is 4.90 Å². The van der Waals surface area contributed by atoms with Crippen LogP contribution in [0.2, 0.25) is 0 Å². The zero-order valence-electron chi connectivity index (χ0n) is 11.7. The van der Waals surface area contributed by atoms with Crippen molar-refractivity contribution in [2.24, 2.45) is 11.7 Å². The zero-order valence-corrected chi connectivity index (χ0v) is 11.7. The molecule has 0 saturated heterocycles. The summed E-state index contributed by atoms with van der Waals surface area (Å²) in [4.78, 5) is 14.4. The van der Waals surface area contributed by atoms with Gasteiger partial charge in [0.15, 0.2) is 0 Å². The van der Waals surface area contributed by atoms with Crippen molar-refractivity contribution in [3.05, 3.63) is 0 Å². The molecule has 0 radical (unpaired) electrons. The Morgan fingerprint density at radius 1 is 1.17 bits per heavy atom. The first-order valence-corrected chi connectivity index (χ1v) is 7.27. The average Bonchev–Trinajstić information content (AvgIpc) is 2.33. The predicted octanol–water partition coefficient (Wildman–Crippen LogP) is 1.78. The Balaban J connectivity index is 2.49. The quantitative estimate of drug-likeness (QED) is 0.788. The minimum Gasteiger partial charge on any atom is -0.383 e. The van der Waals surface area contributed by atoms with Crippen molar-refractivity contribution < 1.29 is 9.53 Å². The van der Waals surface area contributed by atoms with E-state index in [2.05, 4.69) is 0 Å². The minimum atomic E-state index is 0.216. The smallest absolute Gasteiger partial charge is 0.225 e. The first-order chi connectivity index (χ1) is 8.79. The summed E-state index contributed by atoms with van der Waals surface area (Å²) in [5.74, 6) is 0.508. The Kier molecular flexibility index (Phi) is 8.01. The maximum atomic E-state index is 12.5. The van der Waals surface area contributed by atoms with Crippen LogP contribution in [0.5, 0.6) is 0 Å². The Morgan fingerprint density at radius 3 is 2.33 bits per heavy atom. The van der Waals surface area contributed by atoms with E-state index >= 15 is 0 Å². The first kappa shape index (κ1) is 15.4. The lowest BCUT2D eigenvalue weighted by Gasteiger charge is -2.28. The molecule has 0 aromatic rings. The average molecular weight is 256 g/mol. The summed E-state index contributed by atoms with van der Waals surface area (Å²) in [5.41, 5.74) is 5.59. The van der Waals surface area contributed by atoms with E-state index in [-0.39, 0.29) is 5.92 Å². The Morgan fingerprint density at radius 2 is 1.78 bits per heavy atom. The van der Waals surface area contributed by atoms with Gasteiger partial charge < -0.3 is 15.4 Å². The van der Waals surface area contributed by atoms with E-state index in [1.165, 1.54) is 32.1 Å². The van der Waals surface area contributed by atoms with Crippen molar-refractivity contribution in [2.75, 3.05) is 33.4 Å². The maximum absolute atomic E-state index is 12.5. The van der Waals surface area contributed by atoms with Crippen molar-refractivity contribution in [3.63, 3.8) is 0 Å². The van der Waals surface area contributed by atoms with Gasteiger partial charge >= 0.3 is 0 Å². The predicted molar refractivity (Wildman–Crippen MR) is 73.3 cm³/mol. The molecular formula is C14H28N2O2. The molecule has 1 amide bonds. The van der Waals surface area contributed by atoms with Gasteiger partial charge in [0.05, 0.1) is 6.61 Å². The van der Waals surface area contributed by atoms with Crippen LogP contribution >= 0.6 is 0 Å². The number of rotatable bonds is 6. The lowest BCUT2D eigenvalue weighted by molar-refractivity contribution is -0.136. The molecule has 0 aromatic carbocycles. The molecule has 1 fully saturated rings. The fraction of sp³-hybridized carbons (Fsp3) is 0.929. The molecule has 0 unspecified atom stereocenters.